The van der Waals surface area contributed by atoms with Gasteiger partial charge in [0.1, 0.15) is 11.5 Å². The van der Waals surface area contributed by atoms with Crippen LogP contribution in [0.3, 0.4) is 0 Å². The van der Waals surface area contributed by atoms with Crippen LogP contribution in [-0.2, 0) is 0 Å². The number of carbonyl (C=O) groups excluding carboxylic acids is 1. The van der Waals surface area contributed by atoms with Crippen molar-refractivity contribution in [1.82, 2.24) is 5.43 Å². The summed E-state index contributed by atoms with van der Waals surface area (Å²) >= 11 is 0. The van der Waals surface area contributed by atoms with E-state index in [4.69, 9.17) is 4.42 Å². The first-order valence-electron chi connectivity index (χ1n) is 6.29. The number of hydrogen-bond acceptors (Lipinski definition) is 3. The fraction of sp³-hybridized carbons (Fsp3) is 0.125. The molecule has 0 spiro atoms. The summed E-state index contributed by atoms with van der Waals surface area (Å²) in [5, 5.41) is 3.86. The summed E-state index contributed by atoms with van der Waals surface area (Å²) < 4.78 is 5.29. The monoisotopic (exact) mass is 268 g/mol. The lowest BCUT2D eigenvalue weighted by molar-refractivity contribution is 0.0953. The quantitative estimate of drug-likeness (QED) is 0.683. The molecular weight excluding hydrogens is 252 g/mol. The van der Waals surface area contributed by atoms with Crippen LogP contribution >= 0.6 is 0 Å². The summed E-state index contributed by atoms with van der Waals surface area (Å²) in [7, 11) is 0. The lowest BCUT2D eigenvalue weighted by atomic mass is 10.2. The molecule has 0 aliphatic carbocycles. The molecule has 4 nitrogen and oxygen atoms in total. The maximum atomic E-state index is 11.8. The van der Waals surface area contributed by atoms with Crippen molar-refractivity contribution in [1.29, 1.82) is 0 Å². The van der Waals surface area contributed by atoms with Crippen molar-refractivity contribution in [2.75, 3.05) is 0 Å². The van der Waals surface area contributed by atoms with Gasteiger partial charge in [0.05, 0.1) is 5.56 Å². The zero-order chi connectivity index (χ0) is 14.4. The third-order valence-corrected chi connectivity index (χ3v) is 2.70. The number of nitrogens with one attached hydrogen (secondary N) is 1. The van der Waals surface area contributed by atoms with Crippen molar-refractivity contribution in [2.45, 2.75) is 13.8 Å². The Bertz CT molecular complexity index is 640. The molecule has 0 atom stereocenters. The van der Waals surface area contributed by atoms with Gasteiger partial charge in [0.2, 0.25) is 0 Å². The first kappa shape index (κ1) is 13.8. The van der Waals surface area contributed by atoms with E-state index in [0.29, 0.717) is 17.1 Å². The van der Waals surface area contributed by atoms with Crippen molar-refractivity contribution in [3.05, 3.63) is 65.1 Å². The van der Waals surface area contributed by atoms with E-state index < -0.39 is 0 Å². The summed E-state index contributed by atoms with van der Waals surface area (Å²) in [6.45, 7) is 3.55. The van der Waals surface area contributed by atoms with E-state index in [1.54, 1.807) is 26.0 Å². The molecule has 0 saturated heterocycles. The Labute approximate surface area is 117 Å². The Morgan fingerprint density at radius 2 is 2.00 bits per heavy atom. The summed E-state index contributed by atoms with van der Waals surface area (Å²) in [5.41, 5.74) is 4.04. The van der Waals surface area contributed by atoms with Crippen molar-refractivity contribution >= 4 is 18.2 Å². The highest BCUT2D eigenvalue weighted by Crippen LogP contribution is 2.13. The van der Waals surface area contributed by atoms with Gasteiger partial charge in [-0.05, 0) is 31.6 Å². The molecule has 2 rings (SSSR count). The second kappa shape index (κ2) is 6.52. The highest BCUT2D eigenvalue weighted by atomic mass is 16.3. The van der Waals surface area contributed by atoms with Gasteiger partial charge >= 0.3 is 0 Å². The lowest BCUT2D eigenvalue weighted by Gasteiger charge is -1.95. The highest BCUT2D eigenvalue weighted by molar-refractivity contribution is 5.95. The second-order valence-electron chi connectivity index (χ2n) is 4.32. The predicted octanol–water partition coefficient (Wildman–Crippen LogP) is 3.33. The number of nitrogens with zero attached hydrogens (tertiary/aromatic N) is 1. The van der Waals surface area contributed by atoms with Crippen LogP contribution in [0.2, 0.25) is 0 Å². The molecule has 0 saturated carbocycles. The van der Waals surface area contributed by atoms with Crippen LogP contribution in [0.15, 0.2) is 52.0 Å². The van der Waals surface area contributed by atoms with Gasteiger partial charge in [-0.3, -0.25) is 4.79 Å². The van der Waals surface area contributed by atoms with Crippen LogP contribution in [0.4, 0.5) is 0 Å². The Morgan fingerprint density at radius 3 is 2.65 bits per heavy atom. The van der Waals surface area contributed by atoms with Crippen molar-refractivity contribution in [3.8, 4) is 0 Å². The van der Waals surface area contributed by atoms with Gasteiger partial charge < -0.3 is 4.42 Å². The van der Waals surface area contributed by atoms with E-state index in [2.05, 4.69) is 10.5 Å². The largest absolute Gasteiger partial charge is 0.466 e. The maximum Gasteiger partial charge on any atom is 0.274 e. The van der Waals surface area contributed by atoms with Gasteiger partial charge in [0, 0.05) is 6.21 Å². The Hall–Kier alpha value is -2.62. The number of hydrogen-bond donors (Lipinski definition) is 1. The molecule has 0 radical (unpaired) electrons. The number of furan rings is 1. The van der Waals surface area contributed by atoms with E-state index >= 15 is 0 Å². The van der Waals surface area contributed by atoms with Gasteiger partial charge in [-0.2, -0.15) is 5.10 Å². The Balaban J connectivity index is 1.89. The highest BCUT2D eigenvalue weighted by Gasteiger charge is 2.12. The molecular formula is C16H16N2O2. The first-order valence-corrected chi connectivity index (χ1v) is 6.29. The maximum absolute atomic E-state index is 11.8. The minimum atomic E-state index is -0.274. The van der Waals surface area contributed by atoms with Crippen molar-refractivity contribution in [3.63, 3.8) is 0 Å². The standard InChI is InChI=1S/C16H16N2O2/c1-12-11-15(13(2)20-12)16(19)18-17-10-6-9-14-7-4-3-5-8-14/h3-11H,1-2H3,(H,18,19)/b9-6+,17-10+. The number of carbonyl (C=O) groups is 1. The molecule has 1 aromatic heterocycles. The zero-order valence-corrected chi connectivity index (χ0v) is 11.5. The van der Waals surface area contributed by atoms with Crippen LogP contribution in [-0.4, -0.2) is 12.1 Å². The molecule has 0 fully saturated rings. The average molecular weight is 268 g/mol. The Morgan fingerprint density at radius 1 is 1.25 bits per heavy atom. The van der Waals surface area contributed by atoms with E-state index in [0.717, 1.165) is 5.56 Å². The molecule has 0 aliphatic rings. The van der Waals surface area contributed by atoms with Crippen LogP contribution in [0.5, 0.6) is 0 Å². The van der Waals surface area contributed by atoms with Crippen molar-refractivity contribution < 1.29 is 9.21 Å². The van der Waals surface area contributed by atoms with Gasteiger partial charge in [0.25, 0.3) is 5.91 Å². The van der Waals surface area contributed by atoms with Crippen LogP contribution in [0.25, 0.3) is 6.08 Å². The molecule has 1 heterocycles. The van der Waals surface area contributed by atoms with Crippen LogP contribution in [0.1, 0.15) is 27.4 Å². The van der Waals surface area contributed by atoms with Gasteiger partial charge in [-0.25, -0.2) is 5.43 Å². The molecule has 2 aromatic rings. The number of amides is 1. The summed E-state index contributed by atoms with van der Waals surface area (Å²) in [6, 6.07) is 11.5. The number of allylic oxidation sites excluding steroid dienone is 1. The SMILES string of the molecule is Cc1cc(C(=O)N/N=C/C=C/c2ccccc2)c(C)o1. The molecule has 4 heteroatoms. The molecule has 1 amide bonds. The molecule has 0 unspecified atom stereocenters. The summed E-state index contributed by atoms with van der Waals surface area (Å²) in [4.78, 5) is 11.8. The summed E-state index contributed by atoms with van der Waals surface area (Å²) in [6.07, 6.45) is 5.21. The minimum Gasteiger partial charge on any atom is -0.466 e. The molecule has 20 heavy (non-hydrogen) atoms. The van der Waals surface area contributed by atoms with Crippen LogP contribution in [0, 0.1) is 13.8 Å². The molecule has 102 valence electrons. The van der Waals surface area contributed by atoms with Crippen LogP contribution < -0.4 is 5.43 Å². The third kappa shape index (κ3) is 3.68. The minimum absolute atomic E-state index is 0.274. The van der Waals surface area contributed by atoms with E-state index in [-0.39, 0.29) is 5.91 Å². The van der Waals surface area contributed by atoms with E-state index in [1.807, 2.05) is 36.4 Å². The Kier molecular flexibility index (Phi) is 4.50. The van der Waals surface area contributed by atoms with E-state index in [9.17, 15) is 4.79 Å². The average Bonchev–Trinajstić information content (AvgIpc) is 2.78. The molecule has 0 aliphatic heterocycles. The molecule has 0 bridgehead atoms. The summed E-state index contributed by atoms with van der Waals surface area (Å²) in [5.74, 6) is 1.03. The smallest absolute Gasteiger partial charge is 0.274 e. The third-order valence-electron chi connectivity index (χ3n) is 2.70. The van der Waals surface area contributed by atoms with Gasteiger partial charge in [-0.1, -0.05) is 36.4 Å². The van der Waals surface area contributed by atoms with Crippen molar-refractivity contribution in [2.24, 2.45) is 5.10 Å². The normalized spacial score (nSPS) is 11.3. The second-order valence-corrected chi connectivity index (χ2v) is 4.32. The predicted molar refractivity (Wildman–Crippen MR) is 79.6 cm³/mol. The zero-order valence-electron chi connectivity index (χ0n) is 11.5. The first-order chi connectivity index (χ1) is 9.66. The lowest BCUT2D eigenvalue weighted by Crippen LogP contribution is -2.17. The number of hydrazone groups is 1. The van der Waals surface area contributed by atoms with Gasteiger partial charge in [-0.15, -0.1) is 0 Å². The fourth-order valence-corrected chi connectivity index (χ4v) is 1.77. The number of aryl methyl sites for hydroxylation is 2. The molecule has 1 aromatic carbocycles. The van der Waals surface area contributed by atoms with E-state index in [1.165, 1.54) is 6.21 Å². The molecule has 1 N–H and O–H groups in total. The van der Waals surface area contributed by atoms with Gasteiger partial charge in [0.15, 0.2) is 0 Å². The number of rotatable bonds is 4. The fourth-order valence-electron chi connectivity index (χ4n) is 1.77. The number of benzene rings is 1. The topological polar surface area (TPSA) is 54.6 Å².